The molecule has 5 heteroatoms. The summed E-state index contributed by atoms with van der Waals surface area (Å²) in [6, 6.07) is 3.47. The second-order valence-electron chi connectivity index (χ2n) is 6.26. The SMILES string of the molecule is CC1OCCC1NC(=O)c1cc(Cl)nc(C(C)(C)C)c1. The van der Waals surface area contributed by atoms with Crippen LogP contribution in [0.15, 0.2) is 12.1 Å². The lowest BCUT2D eigenvalue weighted by Gasteiger charge is -2.20. The highest BCUT2D eigenvalue weighted by atomic mass is 35.5. The molecule has 0 saturated carbocycles. The molecule has 0 radical (unpaired) electrons. The van der Waals surface area contributed by atoms with E-state index in [-0.39, 0.29) is 23.5 Å². The molecule has 2 atom stereocenters. The van der Waals surface area contributed by atoms with Crippen LogP contribution in [0.4, 0.5) is 0 Å². The molecule has 2 heterocycles. The van der Waals surface area contributed by atoms with Crippen LogP contribution in [0.2, 0.25) is 5.15 Å². The molecule has 1 N–H and O–H groups in total. The van der Waals surface area contributed by atoms with E-state index in [9.17, 15) is 4.79 Å². The Labute approximate surface area is 124 Å². The maximum atomic E-state index is 12.3. The quantitative estimate of drug-likeness (QED) is 0.854. The molecular weight excluding hydrogens is 276 g/mol. The third-order valence-electron chi connectivity index (χ3n) is 3.52. The fourth-order valence-corrected chi connectivity index (χ4v) is 2.39. The Balaban J connectivity index is 2.19. The summed E-state index contributed by atoms with van der Waals surface area (Å²) in [6.45, 7) is 8.79. The summed E-state index contributed by atoms with van der Waals surface area (Å²) in [4.78, 5) is 16.6. The first-order valence-corrected chi connectivity index (χ1v) is 7.25. The fraction of sp³-hybridized carbons (Fsp3) is 0.600. The molecule has 2 unspecified atom stereocenters. The molecule has 0 aliphatic carbocycles. The van der Waals surface area contributed by atoms with Crippen molar-refractivity contribution in [2.75, 3.05) is 6.61 Å². The van der Waals surface area contributed by atoms with Crippen molar-refractivity contribution in [1.29, 1.82) is 0 Å². The van der Waals surface area contributed by atoms with E-state index in [0.29, 0.717) is 17.3 Å². The standard InChI is InChI=1S/C15H21ClN2O2/c1-9-11(5-6-20-9)17-14(19)10-7-12(15(2,3)4)18-13(16)8-10/h7-9,11H,5-6H2,1-4H3,(H,17,19). The maximum Gasteiger partial charge on any atom is 0.251 e. The second-order valence-corrected chi connectivity index (χ2v) is 6.65. The number of carbonyl (C=O) groups excluding carboxylic acids is 1. The third kappa shape index (κ3) is 3.49. The van der Waals surface area contributed by atoms with Gasteiger partial charge in [0.15, 0.2) is 0 Å². The highest BCUT2D eigenvalue weighted by Gasteiger charge is 2.26. The lowest BCUT2D eigenvalue weighted by molar-refractivity contribution is 0.0866. The number of ether oxygens (including phenoxy) is 1. The summed E-state index contributed by atoms with van der Waals surface area (Å²) < 4.78 is 5.45. The average molecular weight is 297 g/mol. The van der Waals surface area contributed by atoms with E-state index in [2.05, 4.69) is 10.3 Å². The molecule has 1 aromatic rings. The lowest BCUT2D eigenvalue weighted by atomic mass is 9.91. The Morgan fingerprint density at radius 2 is 2.15 bits per heavy atom. The van der Waals surface area contributed by atoms with Gasteiger partial charge in [0.25, 0.3) is 5.91 Å². The first kappa shape index (κ1) is 15.3. The molecule has 1 saturated heterocycles. The molecule has 1 amide bonds. The number of carbonyl (C=O) groups is 1. The van der Waals surface area contributed by atoms with E-state index in [1.807, 2.05) is 33.8 Å². The molecule has 110 valence electrons. The van der Waals surface area contributed by atoms with Crippen molar-refractivity contribution in [3.8, 4) is 0 Å². The Bertz CT molecular complexity index is 511. The second kappa shape index (κ2) is 5.70. The molecule has 0 aromatic carbocycles. The van der Waals surface area contributed by atoms with E-state index in [0.717, 1.165) is 12.1 Å². The molecule has 1 fully saturated rings. The summed E-state index contributed by atoms with van der Waals surface area (Å²) >= 11 is 6.03. The van der Waals surface area contributed by atoms with Crippen molar-refractivity contribution >= 4 is 17.5 Å². The number of nitrogens with one attached hydrogen (secondary N) is 1. The summed E-state index contributed by atoms with van der Waals surface area (Å²) in [6.07, 6.45) is 0.899. The van der Waals surface area contributed by atoms with Crippen LogP contribution in [-0.2, 0) is 10.2 Å². The van der Waals surface area contributed by atoms with Crippen molar-refractivity contribution < 1.29 is 9.53 Å². The van der Waals surface area contributed by atoms with Crippen LogP contribution in [0.1, 0.15) is 50.2 Å². The van der Waals surface area contributed by atoms with Gasteiger partial charge in [0.1, 0.15) is 5.15 Å². The van der Waals surface area contributed by atoms with Crippen LogP contribution in [0, 0.1) is 0 Å². The Hall–Kier alpha value is -1.13. The molecule has 2 rings (SSSR count). The normalized spacial score (nSPS) is 22.9. The zero-order chi connectivity index (χ0) is 14.9. The van der Waals surface area contributed by atoms with Crippen LogP contribution < -0.4 is 5.32 Å². The van der Waals surface area contributed by atoms with Gasteiger partial charge >= 0.3 is 0 Å². The number of nitrogens with zero attached hydrogens (tertiary/aromatic N) is 1. The zero-order valence-corrected chi connectivity index (χ0v) is 13.1. The summed E-state index contributed by atoms with van der Waals surface area (Å²) in [5.41, 5.74) is 1.21. The zero-order valence-electron chi connectivity index (χ0n) is 12.4. The van der Waals surface area contributed by atoms with E-state index >= 15 is 0 Å². The molecule has 1 aliphatic heterocycles. The number of aromatic nitrogens is 1. The van der Waals surface area contributed by atoms with Crippen LogP contribution in [0.5, 0.6) is 0 Å². The van der Waals surface area contributed by atoms with Gasteiger partial charge in [-0.15, -0.1) is 0 Å². The number of amides is 1. The topological polar surface area (TPSA) is 51.2 Å². The molecule has 0 bridgehead atoms. The van der Waals surface area contributed by atoms with Crippen molar-refractivity contribution in [3.05, 3.63) is 28.5 Å². The van der Waals surface area contributed by atoms with Crippen molar-refractivity contribution in [1.82, 2.24) is 10.3 Å². The maximum absolute atomic E-state index is 12.3. The summed E-state index contributed by atoms with van der Waals surface area (Å²) in [5.74, 6) is -0.123. The summed E-state index contributed by atoms with van der Waals surface area (Å²) in [5, 5.41) is 3.35. The number of halogens is 1. The van der Waals surface area contributed by atoms with Gasteiger partial charge in [0.05, 0.1) is 12.1 Å². The first-order chi connectivity index (χ1) is 9.27. The molecular formula is C15H21ClN2O2. The van der Waals surface area contributed by atoms with Crippen molar-refractivity contribution in [3.63, 3.8) is 0 Å². The highest BCUT2D eigenvalue weighted by Crippen LogP contribution is 2.23. The number of rotatable bonds is 2. The minimum Gasteiger partial charge on any atom is -0.376 e. The average Bonchev–Trinajstić information content (AvgIpc) is 2.73. The molecule has 0 spiro atoms. The monoisotopic (exact) mass is 296 g/mol. The van der Waals surface area contributed by atoms with Crippen LogP contribution in [0.3, 0.4) is 0 Å². The van der Waals surface area contributed by atoms with Gasteiger partial charge in [-0.05, 0) is 25.5 Å². The predicted octanol–water partition coefficient (Wildman–Crippen LogP) is 2.94. The Kier molecular flexibility index (Phi) is 4.35. The van der Waals surface area contributed by atoms with Crippen LogP contribution in [-0.4, -0.2) is 29.6 Å². The van der Waals surface area contributed by atoms with Crippen LogP contribution in [0.25, 0.3) is 0 Å². The van der Waals surface area contributed by atoms with Gasteiger partial charge in [-0.25, -0.2) is 4.98 Å². The molecule has 1 aromatic heterocycles. The van der Waals surface area contributed by atoms with E-state index in [1.165, 1.54) is 0 Å². The Morgan fingerprint density at radius 1 is 1.45 bits per heavy atom. The lowest BCUT2D eigenvalue weighted by Crippen LogP contribution is -2.39. The smallest absolute Gasteiger partial charge is 0.251 e. The van der Waals surface area contributed by atoms with E-state index in [1.54, 1.807) is 6.07 Å². The summed E-state index contributed by atoms with van der Waals surface area (Å²) in [7, 11) is 0. The van der Waals surface area contributed by atoms with E-state index < -0.39 is 0 Å². The van der Waals surface area contributed by atoms with Gasteiger partial charge in [-0.3, -0.25) is 4.79 Å². The minimum atomic E-state index is -0.149. The third-order valence-corrected chi connectivity index (χ3v) is 3.71. The Morgan fingerprint density at radius 3 is 2.70 bits per heavy atom. The van der Waals surface area contributed by atoms with Gasteiger partial charge in [0.2, 0.25) is 0 Å². The van der Waals surface area contributed by atoms with Crippen molar-refractivity contribution in [2.24, 2.45) is 0 Å². The first-order valence-electron chi connectivity index (χ1n) is 6.88. The fourth-order valence-electron chi connectivity index (χ4n) is 2.19. The number of hydrogen-bond acceptors (Lipinski definition) is 3. The van der Waals surface area contributed by atoms with Gasteiger partial charge in [-0.2, -0.15) is 0 Å². The van der Waals surface area contributed by atoms with E-state index in [4.69, 9.17) is 16.3 Å². The largest absolute Gasteiger partial charge is 0.376 e. The van der Waals surface area contributed by atoms with Gasteiger partial charge < -0.3 is 10.1 Å². The van der Waals surface area contributed by atoms with Crippen molar-refractivity contribution in [2.45, 2.75) is 51.7 Å². The van der Waals surface area contributed by atoms with Gasteiger partial charge in [-0.1, -0.05) is 32.4 Å². The highest BCUT2D eigenvalue weighted by molar-refractivity contribution is 6.29. The van der Waals surface area contributed by atoms with Crippen LogP contribution >= 0.6 is 11.6 Å². The number of hydrogen-bond donors (Lipinski definition) is 1. The van der Waals surface area contributed by atoms with Gasteiger partial charge in [0, 0.05) is 23.3 Å². The minimum absolute atomic E-state index is 0.0540. The molecule has 1 aliphatic rings. The predicted molar refractivity (Wildman–Crippen MR) is 79.2 cm³/mol. The number of pyridine rings is 1. The molecule has 20 heavy (non-hydrogen) atoms. The molecule has 4 nitrogen and oxygen atoms in total.